The predicted molar refractivity (Wildman–Crippen MR) is 42.9 cm³/mol. The van der Waals surface area contributed by atoms with E-state index in [1.807, 2.05) is 0 Å². The Morgan fingerprint density at radius 1 is 1.82 bits per heavy atom. The number of hydrogen-bond acceptors (Lipinski definition) is 3. The molecule has 0 aromatic carbocycles. The number of aryl methyl sites for hydroxylation is 1. The highest BCUT2D eigenvalue weighted by molar-refractivity contribution is 7.92. The minimum atomic E-state index is -2.56. The number of aromatic nitrogens is 2. The fourth-order valence-corrected chi connectivity index (χ4v) is 1.61. The van der Waals surface area contributed by atoms with E-state index in [1.54, 1.807) is 24.9 Å². The van der Waals surface area contributed by atoms with Gasteiger partial charge in [-0.2, -0.15) is 5.10 Å². The molecule has 0 aliphatic heterocycles. The van der Waals surface area contributed by atoms with Gasteiger partial charge in [-0.3, -0.25) is 4.68 Å². The summed E-state index contributed by atoms with van der Waals surface area (Å²) in [6, 6.07) is 0. The summed E-state index contributed by atoms with van der Waals surface area (Å²) < 4.78 is 20.3. The molecule has 1 rings (SSSR count). The van der Waals surface area contributed by atoms with Gasteiger partial charge < -0.3 is 0 Å². The maximum Gasteiger partial charge on any atom is 0.0851 e. The van der Waals surface area contributed by atoms with Crippen molar-refractivity contribution in [3.63, 3.8) is 0 Å². The van der Waals surface area contributed by atoms with Gasteiger partial charge in [0, 0.05) is 19.0 Å². The van der Waals surface area contributed by atoms with Crippen molar-refractivity contribution in [1.29, 1.82) is 4.78 Å². The Hall–Kier alpha value is -0.840. The van der Waals surface area contributed by atoms with Gasteiger partial charge in [-0.05, 0) is 0 Å². The Bertz CT molecular complexity index is 338. The molecule has 4 nitrogen and oxygen atoms in total. The van der Waals surface area contributed by atoms with Gasteiger partial charge in [0.2, 0.25) is 0 Å². The Kier molecular flexibility index (Phi) is 1.99. The van der Waals surface area contributed by atoms with E-state index in [9.17, 15) is 4.21 Å². The molecule has 0 unspecified atom stereocenters. The molecule has 5 heteroatoms. The lowest BCUT2D eigenvalue weighted by molar-refractivity contribution is 0.675. The van der Waals surface area contributed by atoms with Crippen molar-refractivity contribution in [2.75, 3.05) is 5.75 Å². The smallest absolute Gasteiger partial charge is 0.0851 e. The van der Waals surface area contributed by atoms with Gasteiger partial charge in [-0.15, -0.1) is 0 Å². The zero-order valence-corrected chi connectivity index (χ0v) is 7.39. The summed E-state index contributed by atoms with van der Waals surface area (Å²) in [5, 5.41) is 3.85. The van der Waals surface area contributed by atoms with Crippen LogP contribution < -0.4 is 0 Å². The first kappa shape index (κ1) is 8.26. The minimum absolute atomic E-state index is 0.346. The van der Waals surface area contributed by atoms with Gasteiger partial charge in [0.05, 0.1) is 20.8 Å². The lowest BCUT2D eigenvalue weighted by Crippen LogP contribution is -1.99. The van der Waals surface area contributed by atoms with Gasteiger partial charge in [0.25, 0.3) is 0 Å². The lowest BCUT2D eigenvalue weighted by atomic mass is 10.7. The van der Waals surface area contributed by atoms with Gasteiger partial charge in [0.1, 0.15) is 0 Å². The predicted octanol–water partition coefficient (Wildman–Crippen LogP) is 0.846. The van der Waals surface area contributed by atoms with Crippen molar-refractivity contribution >= 4 is 9.73 Å². The second-order valence-electron chi connectivity index (χ2n) is 2.31. The normalized spacial score (nSPS) is 16.2. The summed E-state index contributed by atoms with van der Waals surface area (Å²) in [6.07, 6.45) is 3.11. The van der Waals surface area contributed by atoms with Crippen LogP contribution in [-0.2, 0) is 16.8 Å². The van der Waals surface area contributed by atoms with Crippen LogP contribution in [0.15, 0.2) is 17.3 Å². The molecule has 1 aromatic rings. The number of nitrogens with zero attached hydrogens (tertiary/aromatic N) is 2. The molecule has 11 heavy (non-hydrogen) atoms. The molecule has 1 atom stereocenters. The summed E-state index contributed by atoms with van der Waals surface area (Å²) in [4.78, 5) is 0.516. The average molecular weight is 173 g/mol. The first-order valence-corrected chi connectivity index (χ1v) is 5.04. The summed E-state index contributed by atoms with van der Waals surface area (Å²) >= 11 is 0. The molecule has 0 spiro atoms. The van der Waals surface area contributed by atoms with Crippen LogP contribution in [0.1, 0.15) is 6.92 Å². The van der Waals surface area contributed by atoms with Crippen LogP contribution in [0.3, 0.4) is 0 Å². The van der Waals surface area contributed by atoms with Gasteiger partial charge in [-0.1, -0.05) is 6.92 Å². The zero-order valence-electron chi connectivity index (χ0n) is 6.57. The maximum atomic E-state index is 11.4. The topological polar surface area (TPSA) is 58.7 Å². The monoisotopic (exact) mass is 173 g/mol. The molecule has 1 heterocycles. The van der Waals surface area contributed by atoms with Crippen molar-refractivity contribution in [1.82, 2.24) is 9.78 Å². The Labute approximate surface area is 66.2 Å². The van der Waals surface area contributed by atoms with Crippen molar-refractivity contribution in [3.05, 3.63) is 12.4 Å². The highest BCUT2D eigenvalue weighted by Crippen LogP contribution is 2.08. The standard InChI is InChI=1S/C6H11N3OS/c1-3-11(7,10)6-4-8-9(2)5-6/h4-5,7H,3H2,1-2H3/t11-/m0/s1. The van der Waals surface area contributed by atoms with E-state index in [1.165, 1.54) is 6.20 Å². The van der Waals surface area contributed by atoms with Gasteiger partial charge in [-0.25, -0.2) is 8.99 Å². The van der Waals surface area contributed by atoms with Gasteiger partial charge in [0.15, 0.2) is 0 Å². The lowest BCUT2D eigenvalue weighted by Gasteiger charge is -1.97. The van der Waals surface area contributed by atoms with Gasteiger partial charge >= 0.3 is 0 Å². The number of hydrogen-bond donors (Lipinski definition) is 1. The fourth-order valence-electron chi connectivity index (χ4n) is 0.736. The third kappa shape index (κ3) is 1.59. The SMILES string of the molecule is CC[S@](=N)(=O)c1cnn(C)c1. The Morgan fingerprint density at radius 3 is 2.82 bits per heavy atom. The van der Waals surface area contributed by atoms with Crippen LogP contribution >= 0.6 is 0 Å². The zero-order chi connectivity index (χ0) is 8.48. The van der Waals surface area contributed by atoms with E-state index in [0.717, 1.165) is 0 Å². The van der Waals surface area contributed by atoms with Crippen molar-refractivity contribution in [3.8, 4) is 0 Å². The van der Waals surface area contributed by atoms with Crippen LogP contribution in [0.25, 0.3) is 0 Å². The van der Waals surface area contributed by atoms with Crippen molar-refractivity contribution in [2.24, 2.45) is 7.05 Å². The van der Waals surface area contributed by atoms with Crippen LogP contribution in [0, 0.1) is 4.78 Å². The molecule has 0 radical (unpaired) electrons. The molecular weight excluding hydrogens is 162 g/mol. The molecule has 0 fully saturated rings. The highest BCUT2D eigenvalue weighted by atomic mass is 32.2. The molecule has 0 saturated carbocycles. The maximum absolute atomic E-state index is 11.4. The molecule has 0 amide bonds. The molecule has 1 N–H and O–H groups in total. The van der Waals surface area contributed by atoms with Crippen LogP contribution in [-0.4, -0.2) is 19.7 Å². The number of nitrogens with one attached hydrogen (secondary N) is 1. The van der Waals surface area contributed by atoms with E-state index in [0.29, 0.717) is 10.6 Å². The summed E-state index contributed by atoms with van der Waals surface area (Å²) in [6.45, 7) is 1.74. The average Bonchev–Trinajstić information content (AvgIpc) is 2.36. The second-order valence-corrected chi connectivity index (χ2v) is 4.71. The number of rotatable bonds is 2. The van der Waals surface area contributed by atoms with E-state index >= 15 is 0 Å². The third-order valence-corrected chi connectivity index (χ3v) is 3.25. The second kappa shape index (κ2) is 2.65. The molecule has 62 valence electrons. The fraction of sp³-hybridized carbons (Fsp3) is 0.500. The van der Waals surface area contributed by atoms with Crippen LogP contribution in [0.4, 0.5) is 0 Å². The largest absolute Gasteiger partial charge is 0.275 e. The van der Waals surface area contributed by atoms with E-state index in [-0.39, 0.29) is 0 Å². The molecular formula is C6H11N3OS. The van der Waals surface area contributed by atoms with Crippen LogP contribution in [0.5, 0.6) is 0 Å². The Morgan fingerprint density at radius 2 is 2.45 bits per heavy atom. The van der Waals surface area contributed by atoms with Crippen molar-refractivity contribution in [2.45, 2.75) is 11.8 Å². The highest BCUT2D eigenvalue weighted by Gasteiger charge is 2.08. The van der Waals surface area contributed by atoms with E-state index in [4.69, 9.17) is 4.78 Å². The first-order valence-electron chi connectivity index (χ1n) is 3.31. The first-order chi connectivity index (χ1) is 5.06. The van der Waals surface area contributed by atoms with Crippen molar-refractivity contribution < 1.29 is 4.21 Å². The quantitative estimate of drug-likeness (QED) is 0.720. The molecule has 0 saturated heterocycles. The minimum Gasteiger partial charge on any atom is -0.275 e. The Balaban J connectivity index is 3.13. The van der Waals surface area contributed by atoms with Crippen LogP contribution in [0.2, 0.25) is 0 Å². The third-order valence-electron chi connectivity index (χ3n) is 1.47. The summed E-state index contributed by atoms with van der Waals surface area (Å²) in [5.41, 5.74) is 0. The van der Waals surface area contributed by atoms with E-state index < -0.39 is 9.73 Å². The molecule has 1 aromatic heterocycles. The summed E-state index contributed by atoms with van der Waals surface area (Å²) in [7, 11) is -0.816. The summed E-state index contributed by atoms with van der Waals surface area (Å²) in [5.74, 6) is 0.346. The molecule has 0 aliphatic rings. The van der Waals surface area contributed by atoms with E-state index in [2.05, 4.69) is 5.10 Å². The molecule has 0 bridgehead atoms. The molecule has 0 aliphatic carbocycles.